The molecule has 1 aliphatic rings. The molecule has 38 heavy (non-hydrogen) atoms. The number of nitrogen functional groups attached to an aromatic ring is 1. The standard InChI is InChI=1S/C28H32N4O5S/c1-16-13-17(2)24(18(3)14-16)36-26-19(25(33)32-38(34,35)23-10-8-9-22(29)31-23)11-12-21(30-26)20-15-27(4,5)37-28(20,6)7/h8-15H,1-7H3,(H2,29,31)(H,32,33). The molecule has 2 aromatic heterocycles. The zero-order valence-electron chi connectivity index (χ0n) is 22.5. The van der Waals surface area contributed by atoms with E-state index in [1.54, 1.807) is 6.07 Å². The lowest BCUT2D eigenvalue weighted by molar-refractivity contribution is -0.0444. The number of pyridine rings is 2. The highest BCUT2D eigenvalue weighted by molar-refractivity contribution is 7.90. The summed E-state index contributed by atoms with van der Waals surface area (Å²) in [6.07, 6.45) is 1.98. The minimum atomic E-state index is -4.31. The number of benzene rings is 1. The van der Waals surface area contributed by atoms with Crippen LogP contribution in [0.5, 0.6) is 11.6 Å². The fraction of sp³-hybridized carbons (Fsp3) is 0.321. The molecular formula is C28H32N4O5S. The van der Waals surface area contributed by atoms with Crippen molar-refractivity contribution in [3.05, 3.63) is 76.5 Å². The van der Waals surface area contributed by atoms with Crippen molar-refractivity contribution in [2.45, 2.75) is 64.7 Å². The van der Waals surface area contributed by atoms with Gasteiger partial charge < -0.3 is 15.2 Å². The third-order valence-corrected chi connectivity index (χ3v) is 7.32. The highest BCUT2D eigenvalue weighted by atomic mass is 32.2. The number of carbonyl (C=O) groups excluding carboxylic acids is 1. The van der Waals surface area contributed by atoms with Gasteiger partial charge in [0.25, 0.3) is 15.9 Å². The third-order valence-electron chi connectivity index (χ3n) is 6.09. The van der Waals surface area contributed by atoms with E-state index < -0.39 is 27.1 Å². The Morgan fingerprint density at radius 2 is 1.66 bits per heavy atom. The van der Waals surface area contributed by atoms with E-state index in [0.29, 0.717) is 11.4 Å². The Balaban J connectivity index is 1.80. The molecule has 200 valence electrons. The number of sulfonamides is 1. The van der Waals surface area contributed by atoms with Crippen LogP contribution in [0.15, 0.2) is 53.6 Å². The maximum Gasteiger partial charge on any atom is 0.281 e. The van der Waals surface area contributed by atoms with E-state index in [2.05, 4.69) is 9.71 Å². The van der Waals surface area contributed by atoms with Crippen molar-refractivity contribution in [1.82, 2.24) is 14.7 Å². The maximum absolute atomic E-state index is 13.3. The van der Waals surface area contributed by atoms with Gasteiger partial charge in [0.2, 0.25) is 5.88 Å². The van der Waals surface area contributed by atoms with Crippen molar-refractivity contribution in [2.24, 2.45) is 0 Å². The first-order chi connectivity index (χ1) is 17.6. The summed E-state index contributed by atoms with van der Waals surface area (Å²) in [5.41, 5.74) is 8.55. The lowest BCUT2D eigenvalue weighted by atomic mass is 9.94. The number of hydrogen-bond acceptors (Lipinski definition) is 8. The van der Waals surface area contributed by atoms with Crippen LogP contribution in [0.3, 0.4) is 0 Å². The van der Waals surface area contributed by atoms with Crippen LogP contribution in [0.4, 0.5) is 5.82 Å². The maximum atomic E-state index is 13.3. The molecule has 10 heteroatoms. The summed E-state index contributed by atoms with van der Waals surface area (Å²) in [5.74, 6) is -0.404. The molecule has 0 unspecified atom stereocenters. The van der Waals surface area contributed by atoms with E-state index in [1.807, 2.05) is 66.7 Å². The first-order valence-electron chi connectivity index (χ1n) is 12.1. The van der Waals surface area contributed by atoms with Crippen molar-refractivity contribution in [1.29, 1.82) is 0 Å². The predicted molar refractivity (Wildman–Crippen MR) is 145 cm³/mol. The molecule has 0 radical (unpaired) electrons. The fourth-order valence-electron chi connectivity index (χ4n) is 4.72. The van der Waals surface area contributed by atoms with Crippen molar-refractivity contribution < 1.29 is 22.7 Å². The Bertz CT molecular complexity index is 1550. The quantitative estimate of drug-likeness (QED) is 0.456. The van der Waals surface area contributed by atoms with Gasteiger partial charge in [-0.1, -0.05) is 23.8 Å². The number of nitrogens with one attached hydrogen (secondary N) is 1. The molecule has 3 N–H and O–H groups in total. The summed E-state index contributed by atoms with van der Waals surface area (Å²) in [4.78, 5) is 21.8. The van der Waals surface area contributed by atoms with Crippen molar-refractivity contribution in [3.63, 3.8) is 0 Å². The number of amides is 1. The number of carbonyl (C=O) groups is 1. The molecule has 1 amide bonds. The second-order valence-corrected chi connectivity index (χ2v) is 12.1. The van der Waals surface area contributed by atoms with Crippen molar-refractivity contribution >= 4 is 27.3 Å². The average Bonchev–Trinajstić information content (AvgIpc) is 3.02. The molecule has 0 saturated carbocycles. The Kier molecular flexibility index (Phi) is 6.83. The molecule has 0 spiro atoms. The molecule has 4 rings (SSSR count). The average molecular weight is 537 g/mol. The van der Waals surface area contributed by atoms with Crippen LogP contribution < -0.4 is 15.2 Å². The zero-order chi connectivity index (χ0) is 28.0. The van der Waals surface area contributed by atoms with Gasteiger partial charge in [-0.25, -0.2) is 14.7 Å². The van der Waals surface area contributed by atoms with Gasteiger partial charge in [-0.2, -0.15) is 8.42 Å². The normalized spacial score (nSPS) is 16.1. The number of anilines is 1. The van der Waals surface area contributed by atoms with Crippen LogP contribution in [-0.4, -0.2) is 35.5 Å². The van der Waals surface area contributed by atoms with Gasteiger partial charge in [0.15, 0.2) is 5.03 Å². The second-order valence-electron chi connectivity index (χ2n) is 10.5. The van der Waals surface area contributed by atoms with Crippen LogP contribution in [0.2, 0.25) is 0 Å². The minimum Gasteiger partial charge on any atom is -0.438 e. The lowest BCUT2D eigenvalue weighted by Gasteiger charge is -2.27. The molecule has 3 heterocycles. The van der Waals surface area contributed by atoms with Crippen LogP contribution in [0, 0.1) is 20.8 Å². The summed E-state index contributed by atoms with van der Waals surface area (Å²) in [7, 11) is -4.31. The predicted octanol–water partition coefficient (Wildman–Crippen LogP) is 4.87. The molecule has 1 aliphatic heterocycles. The topological polar surface area (TPSA) is 134 Å². The van der Waals surface area contributed by atoms with Crippen LogP contribution in [-0.2, 0) is 14.8 Å². The summed E-state index contributed by atoms with van der Waals surface area (Å²) >= 11 is 0. The highest BCUT2D eigenvalue weighted by Crippen LogP contribution is 2.42. The van der Waals surface area contributed by atoms with Crippen LogP contribution in [0.25, 0.3) is 5.57 Å². The van der Waals surface area contributed by atoms with Crippen molar-refractivity contribution in [2.75, 3.05) is 5.73 Å². The van der Waals surface area contributed by atoms with Gasteiger partial charge >= 0.3 is 0 Å². The smallest absolute Gasteiger partial charge is 0.281 e. The van der Waals surface area contributed by atoms with Crippen molar-refractivity contribution in [3.8, 4) is 11.6 Å². The Hall–Kier alpha value is -3.76. The lowest BCUT2D eigenvalue weighted by Crippen LogP contribution is -2.32. The highest BCUT2D eigenvalue weighted by Gasteiger charge is 2.40. The molecule has 0 saturated heterocycles. The summed E-state index contributed by atoms with van der Waals surface area (Å²) in [6, 6.07) is 11.2. The first-order valence-corrected chi connectivity index (χ1v) is 13.6. The van der Waals surface area contributed by atoms with Gasteiger partial charge in [0, 0.05) is 5.57 Å². The summed E-state index contributed by atoms with van der Waals surface area (Å²) in [5, 5.41) is -0.375. The van der Waals surface area contributed by atoms with Crippen LogP contribution >= 0.6 is 0 Å². The van der Waals surface area contributed by atoms with E-state index in [4.69, 9.17) is 20.2 Å². The van der Waals surface area contributed by atoms with E-state index >= 15 is 0 Å². The molecule has 0 bridgehead atoms. The molecule has 0 aliphatic carbocycles. The Morgan fingerprint density at radius 1 is 1.00 bits per heavy atom. The number of aryl methyl sites for hydroxylation is 3. The number of aromatic nitrogens is 2. The van der Waals surface area contributed by atoms with Gasteiger partial charge in [-0.05, 0) is 89.9 Å². The summed E-state index contributed by atoms with van der Waals surface area (Å²) in [6.45, 7) is 13.6. The van der Waals surface area contributed by atoms with Gasteiger partial charge in [0.05, 0.1) is 16.9 Å². The number of ether oxygens (including phenoxy) is 2. The van der Waals surface area contributed by atoms with Gasteiger partial charge in [-0.3, -0.25) is 4.79 Å². The molecule has 9 nitrogen and oxygen atoms in total. The summed E-state index contributed by atoms with van der Waals surface area (Å²) < 4.78 is 40.2. The number of rotatable bonds is 6. The number of hydrogen-bond donors (Lipinski definition) is 2. The van der Waals surface area contributed by atoms with E-state index in [9.17, 15) is 13.2 Å². The first kappa shape index (κ1) is 27.3. The zero-order valence-corrected chi connectivity index (χ0v) is 23.4. The molecular weight excluding hydrogens is 504 g/mol. The molecule has 3 aromatic rings. The SMILES string of the molecule is Cc1cc(C)c(Oc2nc(C3=CC(C)(C)OC3(C)C)ccc2C(=O)NS(=O)(=O)c2cccc(N)n2)c(C)c1. The van der Waals surface area contributed by atoms with E-state index in [-0.39, 0.29) is 22.3 Å². The number of nitrogens with two attached hydrogens (primary N) is 1. The van der Waals surface area contributed by atoms with E-state index in [1.165, 1.54) is 24.3 Å². The Morgan fingerprint density at radius 3 is 2.24 bits per heavy atom. The Labute approximate surface area is 223 Å². The second kappa shape index (κ2) is 9.52. The minimum absolute atomic E-state index is 0.0123. The molecule has 1 aromatic carbocycles. The van der Waals surface area contributed by atoms with Crippen LogP contribution in [0.1, 0.15) is 60.4 Å². The fourth-order valence-corrected chi connectivity index (χ4v) is 5.66. The largest absolute Gasteiger partial charge is 0.438 e. The van der Waals surface area contributed by atoms with Gasteiger partial charge in [-0.15, -0.1) is 0 Å². The van der Waals surface area contributed by atoms with E-state index in [0.717, 1.165) is 22.3 Å². The molecule has 0 atom stereocenters. The van der Waals surface area contributed by atoms with Gasteiger partial charge in [0.1, 0.15) is 17.1 Å². The monoisotopic (exact) mass is 536 g/mol. The molecule has 0 fully saturated rings. The third kappa shape index (κ3) is 5.56. The number of nitrogens with zero attached hydrogens (tertiary/aromatic N) is 2.